The van der Waals surface area contributed by atoms with Gasteiger partial charge in [0, 0.05) is 31.2 Å². The van der Waals surface area contributed by atoms with Crippen LogP contribution in [0.1, 0.15) is 12.0 Å². The number of morpholine rings is 1. The van der Waals surface area contributed by atoms with Gasteiger partial charge >= 0.3 is 0 Å². The van der Waals surface area contributed by atoms with Crippen LogP contribution in [-0.4, -0.2) is 61.8 Å². The second-order valence-electron chi connectivity index (χ2n) is 7.63. The van der Waals surface area contributed by atoms with Gasteiger partial charge < -0.3 is 9.47 Å². The van der Waals surface area contributed by atoms with Crippen molar-refractivity contribution in [2.24, 2.45) is 0 Å². The third-order valence-corrected chi connectivity index (χ3v) is 7.14. The van der Waals surface area contributed by atoms with E-state index in [9.17, 15) is 4.79 Å². The molecule has 0 aliphatic carbocycles. The van der Waals surface area contributed by atoms with Gasteiger partial charge in [0.25, 0.3) is 5.91 Å². The molecule has 1 aromatic heterocycles. The molecule has 1 aliphatic rings. The molecule has 1 amide bonds. The smallest absolute Gasteiger partial charge is 0.266 e. The summed E-state index contributed by atoms with van der Waals surface area (Å²) in [6.07, 6.45) is 0.829. The van der Waals surface area contributed by atoms with E-state index in [0.29, 0.717) is 27.5 Å². The summed E-state index contributed by atoms with van der Waals surface area (Å²) in [6.45, 7) is 6.72. The number of nitrogens with zero attached hydrogens (tertiary/aromatic N) is 3. The largest absolute Gasteiger partial charge is 0.484 e. The molecule has 1 fully saturated rings. The number of aromatic nitrogens is 1. The highest BCUT2D eigenvalue weighted by atomic mass is 35.5. The molecule has 3 aromatic rings. The maximum absolute atomic E-state index is 13.2. The molecule has 0 saturated carbocycles. The fourth-order valence-corrected chi connectivity index (χ4v) is 5.05. The molecule has 0 N–H and O–H groups in total. The highest BCUT2D eigenvalue weighted by Gasteiger charge is 2.22. The average Bonchev–Trinajstić information content (AvgIpc) is 3.26. The molecular weight excluding hydrogens is 469 g/mol. The number of hydrogen-bond donors (Lipinski definition) is 0. The lowest BCUT2D eigenvalue weighted by molar-refractivity contribution is -0.120. The number of aryl methyl sites for hydroxylation is 1. The molecule has 1 aliphatic heterocycles. The minimum atomic E-state index is -0.144. The van der Waals surface area contributed by atoms with Crippen LogP contribution in [0.25, 0.3) is 10.2 Å². The number of anilines is 1. The Labute approximate surface area is 201 Å². The van der Waals surface area contributed by atoms with Crippen molar-refractivity contribution >= 4 is 55.8 Å². The number of carbonyl (C=O) groups is 1. The van der Waals surface area contributed by atoms with E-state index >= 15 is 0 Å². The maximum Gasteiger partial charge on any atom is 0.266 e. The molecule has 32 heavy (non-hydrogen) atoms. The quantitative estimate of drug-likeness (QED) is 0.439. The van der Waals surface area contributed by atoms with Gasteiger partial charge in [-0.15, -0.1) is 0 Å². The summed E-state index contributed by atoms with van der Waals surface area (Å²) in [7, 11) is 0. The molecule has 9 heteroatoms. The zero-order chi connectivity index (χ0) is 22.5. The maximum atomic E-state index is 13.2. The SMILES string of the molecule is Cc1ccc(Cl)c2sc(N(CCCN3CCOCC3)C(=O)COc3ccc(Cl)cc3)nc12. The van der Waals surface area contributed by atoms with Gasteiger partial charge in [0.1, 0.15) is 5.75 Å². The third-order valence-electron chi connectivity index (χ3n) is 5.35. The van der Waals surface area contributed by atoms with Crippen molar-refractivity contribution in [1.29, 1.82) is 0 Å². The van der Waals surface area contributed by atoms with E-state index < -0.39 is 0 Å². The Morgan fingerprint density at radius 1 is 1.19 bits per heavy atom. The number of fused-ring (bicyclic) bond motifs is 1. The van der Waals surface area contributed by atoms with Gasteiger partial charge in [-0.05, 0) is 49.2 Å². The molecule has 2 heterocycles. The van der Waals surface area contributed by atoms with Gasteiger partial charge in [-0.25, -0.2) is 4.98 Å². The van der Waals surface area contributed by atoms with Crippen molar-refractivity contribution in [3.05, 3.63) is 52.0 Å². The van der Waals surface area contributed by atoms with Crippen LogP contribution in [0.3, 0.4) is 0 Å². The van der Waals surface area contributed by atoms with Gasteiger partial charge in [-0.1, -0.05) is 40.6 Å². The molecule has 4 rings (SSSR count). The van der Waals surface area contributed by atoms with Crippen LogP contribution in [0.2, 0.25) is 10.0 Å². The van der Waals surface area contributed by atoms with Crippen molar-refractivity contribution in [3.8, 4) is 5.75 Å². The molecule has 170 valence electrons. The number of benzene rings is 2. The average molecular weight is 494 g/mol. The lowest BCUT2D eigenvalue weighted by Gasteiger charge is -2.27. The van der Waals surface area contributed by atoms with E-state index in [4.69, 9.17) is 37.7 Å². The Bertz CT molecular complexity index is 1030. The van der Waals surface area contributed by atoms with Crippen LogP contribution >= 0.6 is 34.5 Å². The van der Waals surface area contributed by atoms with E-state index in [1.54, 1.807) is 29.2 Å². The van der Waals surface area contributed by atoms with Gasteiger partial charge in [0.2, 0.25) is 0 Å². The Kier molecular flexibility index (Phi) is 7.86. The lowest BCUT2D eigenvalue weighted by Crippen LogP contribution is -2.40. The predicted octanol–water partition coefficient (Wildman–Crippen LogP) is 5.05. The standard InChI is InChI=1S/C23H25Cl2N3O3S/c1-16-3-8-19(25)22-21(16)26-23(32-22)28(10-2-9-27-11-13-30-14-12-27)20(29)15-31-18-6-4-17(24)5-7-18/h3-8H,2,9-15H2,1H3. The molecular formula is C23H25Cl2N3O3S. The first-order valence-corrected chi connectivity index (χ1v) is 12.1. The molecule has 0 bridgehead atoms. The minimum Gasteiger partial charge on any atom is -0.484 e. The molecule has 2 aromatic carbocycles. The van der Waals surface area contributed by atoms with E-state index in [1.807, 2.05) is 19.1 Å². The Morgan fingerprint density at radius 3 is 2.66 bits per heavy atom. The Hall–Kier alpha value is -1.90. The van der Waals surface area contributed by atoms with Gasteiger partial charge in [0.15, 0.2) is 11.7 Å². The minimum absolute atomic E-state index is 0.0815. The van der Waals surface area contributed by atoms with Gasteiger partial charge in [0.05, 0.1) is 28.5 Å². The van der Waals surface area contributed by atoms with Crippen LogP contribution in [0.5, 0.6) is 5.75 Å². The topological polar surface area (TPSA) is 54.9 Å². The van der Waals surface area contributed by atoms with Crippen LogP contribution in [-0.2, 0) is 9.53 Å². The number of thiazole rings is 1. The first-order valence-electron chi connectivity index (χ1n) is 10.6. The number of amides is 1. The summed E-state index contributed by atoms with van der Waals surface area (Å²) in [5.74, 6) is 0.453. The molecule has 6 nitrogen and oxygen atoms in total. The third kappa shape index (κ3) is 5.71. The van der Waals surface area contributed by atoms with Gasteiger partial charge in [-0.3, -0.25) is 14.6 Å². The second kappa shape index (κ2) is 10.8. The molecule has 0 radical (unpaired) electrons. The summed E-state index contributed by atoms with van der Waals surface area (Å²) in [5, 5.41) is 1.91. The zero-order valence-corrected chi connectivity index (χ0v) is 20.2. The molecule has 1 saturated heterocycles. The van der Waals surface area contributed by atoms with Gasteiger partial charge in [-0.2, -0.15) is 0 Å². The van der Waals surface area contributed by atoms with E-state index in [1.165, 1.54) is 11.3 Å². The summed E-state index contributed by atoms with van der Waals surface area (Å²) < 4.78 is 12.0. The van der Waals surface area contributed by atoms with Crippen LogP contribution in [0.4, 0.5) is 5.13 Å². The summed E-state index contributed by atoms with van der Waals surface area (Å²) in [5.41, 5.74) is 1.87. The first-order chi connectivity index (χ1) is 15.5. The predicted molar refractivity (Wildman–Crippen MR) is 131 cm³/mol. The Morgan fingerprint density at radius 2 is 1.94 bits per heavy atom. The van der Waals surface area contributed by atoms with Crippen LogP contribution < -0.4 is 9.64 Å². The van der Waals surface area contributed by atoms with Crippen molar-refractivity contribution in [2.75, 3.05) is 50.9 Å². The fourth-order valence-electron chi connectivity index (χ4n) is 3.56. The Balaban J connectivity index is 1.50. The summed E-state index contributed by atoms with van der Waals surface area (Å²) in [6, 6.07) is 10.8. The number of ether oxygens (including phenoxy) is 2. The first kappa shape index (κ1) is 23.3. The van der Waals surface area contributed by atoms with Crippen molar-refractivity contribution in [3.63, 3.8) is 0 Å². The second-order valence-corrected chi connectivity index (χ2v) is 9.46. The zero-order valence-electron chi connectivity index (χ0n) is 17.9. The normalized spacial score (nSPS) is 14.6. The highest BCUT2D eigenvalue weighted by molar-refractivity contribution is 7.23. The van der Waals surface area contributed by atoms with E-state index in [-0.39, 0.29) is 12.5 Å². The summed E-state index contributed by atoms with van der Waals surface area (Å²) >= 11 is 13.8. The number of hydrogen-bond acceptors (Lipinski definition) is 6. The number of halogens is 2. The van der Waals surface area contributed by atoms with E-state index in [2.05, 4.69) is 4.90 Å². The van der Waals surface area contributed by atoms with Crippen molar-refractivity contribution < 1.29 is 14.3 Å². The summed E-state index contributed by atoms with van der Waals surface area (Å²) in [4.78, 5) is 22.0. The van der Waals surface area contributed by atoms with Crippen molar-refractivity contribution in [1.82, 2.24) is 9.88 Å². The molecule has 0 spiro atoms. The number of carbonyl (C=O) groups excluding carboxylic acids is 1. The molecule has 0 atom stereocenters. The molecule has 0 unspecified atom stereocenters. The monoisotopic (exact) mass is 493 g/mol. The van der Waals surface area contributed by atoms with Crippen LogP contribution in [0, 0.1) is 6.92 Å². The van der Waals surface area contributed by atoms with E-state index in [0.717, 1.165) is 55.0 Å². The van der Waals surface area contributed by atoms with Crippen molar-refractivity contribution in [2.45, 2.75) is 13.3 Å². The van der Waals surface area contributed by atoms with Crippen LogP contribution in [0.15, 0.2) is 36.4 Å². The number of rotatable bonds is 8. The highest BCUT2D eigenvalue weighted by Crippen LogP contribution is 2.35. The fraction of sp³-hybridized carbons (Fsp3) is 0.391. The lowest BCUT2D eigenvalue weighted by atomic mass is 10.2.